The van der Waals surface area contributed by atoms with Crippen LogP contribution in [0.25, 0.3) is 0 Å². The van der Waals surface area contributed by atoms with Crippen LogP contribution in [0.2, 0.25) is 0 Å². The van der Waals surface area contributed by atoms with E-state index in [0.717, 1.165) is 12.3 Å². The van der Waals surface area contributed by atoms with Crippen LogP contribution in [0.3, 0.4) is 0 Å². The molecule has 2 heteroatoms. The predicted octanol–water partition coefficient (Wildman–Crippen LogP) is 2.87. The van der Waals surface area contributed by atoms with E-state index in [4.69, 9.17) is 0 Å². The Morgan fingerprint density at radius 1 is 1.29 bits per heavy atom. The van der Waals surface area contributed by atoms with Crippen molar-refractivity contribution in [3.63, 3.8) is 0 Å². The number of hydrogen-bond donors (Lipinski definition) is 1. The van der Waals surface area contributed by atoms with Gasteiger partial charge in [0, 0.05) is 12.0 Å². The molecule has 0 spiro atoms. The van der Waals surface area contributed by atoms with E-state index < -0.39 is 0 Å². The van der Waals surface area contributed by atoms with Crippen LogP contribution in [0, 0.1) is 5.92 Å². The molecule has 1 saturated carbocycles. The third-order valence-electron chi connectivity index (χ3n) is 2.77. The number of rotatable bonds is 3. The van der Waals surface area contributed by atoms with Crippen molar-refractivity contribution >= 4 is 5.91 Å². The zero-order valence-corrected chi connectivity index (χ0v) is 9.73. The van der Waals surface area contributed by atoms with E-state index in [1.165, 1.54) is 25.7 Å². The summed E-state index contributed by atoms with van der Waals surface area (Å²) in [6.45, 7) is 6.08. The molecular formula is C12H23NO. The van der Waals surface area contributed by atoms with Crippen molar-refractivity contribution in [1.82, 2.24) is 5.32 Å². The van der Waals surface area contributed by atoms with E-state index in [1.54, 1.807) is 0 Å². The first kappa shape index (κ1) is 11.5. The van der Waals surface area contributed by atoms with E-state index in [2.05, 4.69) is 5.32 Å². The lowest BCUT2D eigenvalue weighted by Crippen LogP contribution is -2.40. The molecule has 0 bridgehead atoms. The fourth-order valence-electron chi connectivity index (χ4n) is 2.12. The van der Waals surface area contributed by atoms with Gasteiger partial charge in [0.05, 0.1) is 0 Å². The number of amides is 1. The Morgan fingerprint density at radius 3 is 2.36 bits per heavy atom. The largest absolute Gasteiger partial charge is 0.352 e. The minimum Gasteiger partial charge on any atom is -0.352 e. The molecule has 1 aliphatic rings. The summed E-state index contributed by atoms with van der Waals surface area (Å²) in [5, 5.41) is 3.00. The molecular weight excluding hydrogens is 174 g/mol. The minimum absolute atomic E-state index is 0.0766. The second kappa shape index (κ2) is 4.81. The average Bonchev–Trinajstić information content (AvgIpc) is 2.49. The van der Waals surface area contributed by atoms with Crippen LogP contribution in [-0.2, 0) is 4.79 Å². The third kappa shape index (κ3) is 4.64. The van der Waals surface area contributed by atoms with Gasteiger partial charge in [0.15, 0.2) is 0 Å². The monoisotopic (exact) mass is 197 g/mol. The van der Waals surface area contributed by atoms with Gasteiger partial charge in [0.1, 0.15) is 0 Å². The van der Waals surface area contributed by atoms with Crippen LogP contribution in [-0.4, -0.2) is 11.4 Å². The van der Waals surface area contributed by atoms with Gasteiger partial charge >= 0.3 is 0 Å². The van der Waals surface area contributed by atoms with E-state index in [1.807, 2.05) is 20.8 Å². The minimum atomic E-state index is -0.0766. The molecule has 0 unspecified atom stereocenters. The van der Waals surface area contributed by atoms with E-state index in [-0.39, 0.29) is 11.4 Å². The van der Waals surface area contributed by atoms with Crippen molar-refractivity contribution < 1.29 is 4.79 Å². The van der Waals surface area contributed by atoms with Gasteiger partial charge in [-0.3, -0.25) is 4.79 Å². The lowest BCUT2D eigenvalue weighted by atomic mass is 10.0. The molecule has 82 valence electrons. The third-order valence-corrected chi connectivity index (χ3v) is 2.77. The van der Waals surface area contributed by atoms with Gasteiger partial charge in [-0.25, -0.2) is 0 Å². The summed E-state index contributed by atoms with van der Waals surface area (Å²) in [5.74, 6) is 1.03. The van der Waals surface area contributed by atoms with Crippen LogP contribution in [0.5, 0.6) is 0 Å². The van der Waals surface area contributed by atoms with Crippen LogP contribution in [0.4, 0.5) is 0 Å². The fourth-order valence-corrected chi connectivity index (χ4v) is 2.12. The lowest BCUT2D eigenvalue weighted by molar-refractivity contribution is -0.122. The van der Waals surface area contributed by atoms with Gasteiger partial charge in [-0.05, 0) is 33.1 Å². The zero-order valence-electron chi connectivity index (χ0n) is 9.73. The van der Waals surface area contributed by atoms with Crippen molar-refractivity contribution in [3.05, 3.63) is 0 Å². The van der Waals surface area contributed by atoms with Crippen molar-refractivity contribution in [2.24, 2.45) is 5.92 Å². The molecule has 1 aliphatic carbocycles. The molecule has 0 saturated heterocycles. The molecule has 1 fully saturated rings. The molecule has 2 nitrogen and oxygen atoms in total. The summed E-state index contributed by atoms with van der Waals surface area (Å²) in [5.41, 5.74) is -0.0766. The first-order valence-corrected chi connectivity index (χ1v) is 5.78. The molecule has 0 aromatic rings. The summed E-state index contributed by atoms with van der Waals surface area (Å²) in [7, 11) is 0. The van der Waals surface area contributed by atoms with Crippen LogP contribution in [0.1, 0.15) is 59.3 Å². The summed E-state index contributed by atoms with van der Waals surface area (Å²) in [6, 6.07) is 0. The average molecular weight is 197 g/mol. The molecule has 1 rings (SSSR count). The first-order chi connectivity index (χ1) is 6.47. The quantitative estimate of drug-likeness (QED) is 0.740. The number of carbonyl (C=O) groups is 1. The maximum Gasteiger partial charge on any atom is 0.220 e. The number of nitrogens with one attached hydrogen (secondary N) is 1. The maximum atomic E-state index is 11.5. The van der Waals surface area contributed by atoms with Crippen LogP contribution in [0.15, 0.2) is 0 Å². The van der Waals surface area contributed by atoms with Crippen molar-refractivity contribution in [2.45, 2.75) is 64.8 Å². The summed E-state index contributed by atoms with van der Waals surface area (Å²) in [4.78, 5) is 11.5. The second-order valence-electron chi connectivity index (χ2n) is 5.49. The Bertz CT molecular complexity index is 187. The fraction of sp³-hybridized carbons (Fsp3) is 0.917. The van der Waals surface area contributed by atoms with Gasteiger partial charge in [-0.15, -0.1) is 0 Å². The van der Waals surface area contributed by atoms with E-state index >= 15 is 0 Å². The Labute approximate surface area is 87.5 Å². The van der Waals surface area contributed by atoms with Crippen molar-refractivity contribution in [3.8, 4) is 0 Å². The number of hydrogen-bond acceptors (Lipinski definition) is 1. The van der Waals surface area contributed by atoms with Gasteiger partial charge < -0.3 is 5.32 Å². The lowest BCUT2D eigenvalue weighted by Gasteiger charge is -2.21. The Morgan fingerprint density at radius 2 is 1.86 bits per heavy atom. The highest BCUT2D eigenvalue weighted by Gasteiger charge is 2.18. The highest BCUT2D eigenvalue weighted by atomic mass is 16.1. The maximum absolute atomic E-state index is 11.5. The predicted molar refractivity (Wildman–Crippen MR) is 59.1 cm³/mol. The van der Waals surface area contributed by atoms with Gasteiger partial charge in [0.25, 0.3) is 0 Å². The molecule has 0 aliphatic heterocycles. The van der Waals surface area contributed by atoms with Gasteiger partial charge in [-0.2, -0.15) is 0 Å². The first-order valence-electron chi connectivity index (χ1n) is 5.78. The van der Waals surface area contributed by atoms with Crippen LogP contribution >= 0.6 is 0 Å². The summed E-state index contributed by atoms with van der Waals surface area (Å²) >= 11 is 0. The topological polar surface area (TPSA) is 29.1 Å². The second-order valence-corrected chi connectivity index (χ2v) is 5.49. The molecule has 14 heavy (non-hydrogen) atoms. The molecule has 0 heterocycles. The van der Waals surface area contributed by atoms with E-state index in [0.29, 0.717) is 6.42 Å². The Hall–Kier alpha value is -0.530. The SMILES string of the molecule is CC(C)(C)NC(=O)CCC1CCCC1. The molecule has 0 radical (unpaired) electrons. The van der Waals surface area contributed by atoms with Crippen molar-refractivity contribution in [2.75, 3.05) is 0 Å². The standard InChI is InChI=1S/C12H23NO/c1-12(2,3)13-11(14)9-8-10-6-4-5-7-10/h10H,4-9H2,1-3H3,(H,13,14). The van der Waals surface area contributed by atoms with E-state index in [9.17, 15) is 4.79 Å². The smallest absolute Gasteiger partial charge is 0.220 e. The normalized spacial score (nSPS) is 18.5. The highest BCUT2D eigenvalue weighted by Crippen LogP contribution is 2.28. The Kier molecular flexibility index (Phi) is 3.97. The molecule has 0 aromatic carbocycles. The molecule has 1 N–H and O–H groups in total. The summed E-state index contributed by atoms with van der Waals surface area (Å²) in [6.07, 6.45) is 7.20. The molecule has 1 amide bonds. The van der Waals surface area contributed by atoms with Gasteiger partial charge in [0.2, 0.25) is 5.91 Å². The zero-order chi connectivity index (χ0) is 10.6. The van der Waals surface area contributed by atoms with Crippen molar-refractivity contribution in [1.29, 1.82) is 0 Å². The number of carbonyl (C=O) groups excluding carboxylic acids is 1. The molecule has 0 atom stereocenters. The Balaban J connectivity index is 2.14. The highest BCUT2D eigenvalue weighted by molar-refractivity contribution is 5.76. The van der Waals surface area contributed by atoms with Gasteiger partial charge in [-0.1, -0.05) is 25.7 Å². The molecule has 0 aromatic heterocycles. The summed E-state index contributed by atoms with van der Waals surface area (Å²) < 4.78 is 0. The van der Waals surface area contributed by atoms with Crippen LogP contribution < -0.4 is 5.32 Å².